The zero-order valence-corrected chi connectivity index (χ0v) is 14.1. The van der Waals surface area contributed by atoms with Crippen LogP contribution in [0.1, 0.15) is 31.2 Å². The van der Waals surface area contributed by atoms with Crippen molar-refractivity contribution in [3.63, 3.8) is 0 Å². The Morgan fingerprint density at radius 2 is 1.87 bits per heavy atom. The second kappa shape index (κ2) is 7.44. The van der Waals surface area contributed by atoms with E-state index in [9.17, 15) is 0 Å². The van der Waals surface area contributed by atoms with Crippen LogP contribution in [0.25, 0.3) is 0 Å². The summed E-state index contributed by atoms with van der Waals surface area (Å²) >= 11 is 0. The monoisotopic (exact) mass is 310 g/mol. The predicted molar refractivity (Wildman–Crippen MR) is 96.0 cm³/mol. The minimum absolute atomic E-state index is 0.831. The number of piperidine rings is 1. The molecule has 1 aromatic heterocycles. The van der Waals surface area contributed by atoms with E-state index in [0.29, 0.717) is 0 Å². The van der Waals surface area contributed by atoms with Gasteiger partial charge in [-0.25, -0.2) is 9.97 Å². The smallest absolute Gasteiger partial charge is 0.134 e. The summed E-state index contributed by atoms with van der Waals surface area (Å²) in [6, 6.07) is 12.6. The molecule has 1 aliphatic heterocycles. The van der Waals surface area contributed by atoms with Crippen LogP contribution in [0.3, 0.4) is 0 Å². The molecular weight excluding hydrogens is 284 g/mol. The molecule has 0 bridgehead atoms. The molecule has 0 atom stereocenters. The summed E-state index contributed by atoms with van der Waals surface area (Å²) in [5.74, 6) is 3.66. The van der Waals surface area contributed by atoms with E-state index in [1.807, 2.05) is 6.92 Å². The molecule has 1 aliphatic rings. The molecule has 1 N–H and O–H groups in total. The molecule has 2 aromatic rings. The summed E-state index contributed by atoms with van der Waals surface area (Å²) in [6.45, 7) is 7.39. The fourth-order valence-corrected chi connectivity index (χ4v) is 3.02. The first-order valence-corrected chi connectivity index (χ1v) is 8.59. The highest BCUT2D eigenvalue weighted by Gasteiger charge is 2.17. The first-order valence-electron chi connectivity index (χ1n) is 8.59. The van der Waals surface area contributed by atoms with E-state index in [-0.39, 0.29) is 0 Å². The largest absolute Gasteiger partial charge is 0.370 e. The van der Waals surface area contributed by atoms with Crippen molar-refractivity contribution >= 4 is 11.6 Å². The number of hydrogen-bond donors (Lipinski definition) is 1. The molecule has 0 unspecified atom stereocenters. The Balaban J connectivity index is 1.61. The number of aryl methyl sites for hydroxylation is 1. The molecule has 0 saturated carbocycles. The van der Waals surface area contributed by atoms with Crippen LogP contribution >= 0.6 is 0 Å². The van der Waals surface area contributed by atoms with Crippen molar-refractivity contribution in [1.82, 2.24) is 9.97 Å². The number of benzene rings is 1. The van der Waals surface area contributed by atoms with Crippen LogP contribution in [-0.2, 0) is 6.42 Å². The van der Waals surface area contributed by atoms with Gasteiger partial charge >= 0.3 is 0 Å². The van der Waals surface area contributed by atoms with Crippen molar-refractivity contribution < 1.29 is 0 Å². The third-order valence-electron chi connectivity index (χ3n) is 4.49. The molecule has 0 amide bonds. The zero-order valence-electron chi connectivity index (χ0n) is 14.1. The summed E-state index contributed by atoms with van der Waals surface area (Å²) in [4.78, 5) is 11.5. The normalized spacial score (nSPS) is 15.7. The van der Waals surface area contributed by atoms with Gasteiger partial charge in [-0.05, 0) is 37.7 Å². The van der Waals surface area contributed by atoms with Gasteiger partial charge < -0.3 is 10.2 Å². The van der Waals surface area contributed by atoms with Gasteiger partial charge in [0.15, 0.2) is 0 Å². The van der Waals surface area contributed by atoms with E-state index >= 15 is 0 Å². The van der Waals surface area contributed by atoms with Crippen LogP contribution in [0.15, 0.2) is 36.4 Å². The number of rotatable bonds is 5. The van der Waals surface area contributed by atoms with E-state index < -0.39 is 0 Å². The lowest BCUT2D eigenvalue weighted by Crippen LogP contribution is -2.33. The molecular formula is C19H26N4. The SMILES string of the molecule is Cc1nc(NCCc2ccccc2)cc(N2CCC(C)CC2)n1. The van der Waals surface area contributed by atoms with Crippen molar-refractivity contribution in [2.75, 3.05) is 29.9 Å². The van der Waals surface area contributed by atoms with Gasteiger partial charge in [0.1, 0.15) is 17.5 Å². The van der Waals surface area contributed by atoms with Gasteiger partial charge in [-0.1, -0.05) is 37.3 Å². The number of anilines is 2. The lowest BCUT2D eigenvalue weighted by atomic mass is 9.99. The molecule has 0 aliphatic carbocycles. The van der Waals surface area contributed by atoms with Gasteiger partial charge in [0.05, 0.1) is 0 Å². The molecule has 1 saturated heterocycles. The Bertz CT molecular complexity index is 619. The van der Waals surface area contributed by atoms with Gasteiger partial charge in [0.2, 0.25) is 0 Å². The Kier molecular flexibility index (Phi) is 5.11. The fourth-order valence-electron chi connectivity index (χ4n) is 3.02. The van der Waals surface area contributed by atoms with Crippen molar-refractivity contribution in [1.29, 1.82) is 0 Å². The van der Waals surface area contributed by atoms with Gasteiger partial charge in [-0.15, -0.1) is 0 Å². The van der Waals surface area contributed by atoms with Crippen molar-refractivity contribution in [2.45, 2.75) is 33.1 Å². The van der Waals surface area contributed by atoms with Gasteiger partial charge in [-0.2, -0.15) is 0 Å². The summed E-state index contributed by atoms with van der Waals surface area (Å²) in [5, 5.41) is 3.44. The molecule has 1 aromatic carbocycles. The Labute approximate surface area is 139 Å². The Morgan fingerprint density at radius 3 is 2.61 bits per heavy atom. The van der Waals surface area contributed by atoms with Crippen molar-refractivity contribution in [3.8, 4) is 0 Å². The topological polar surface area (TPSA) is 41.1 Å². The Hall–Kier alpha value is -2.10. The summed E-state index contributed by atoms with van der Waals surface area (Å²) < 4.78 is 0. The minimum atomic E-state index is 0.831. The highest BCUT2D eigenvalue weighted by atomic mass is 15.2. The highest BCUT2D eigenvalue weighted by molar-refractivity contribution is 5.49. The second-order valence-corrected chi connectivity index (χ2v) is 6.49. The molecule has 23 heavy (non-hydrogen) atoms. The second-order valence-electron chi connectivity index (χ2n) is 6.49. The predicted octanol–water partition coefficient (Wildman–Crippen LogP) is 3.68. The summed E-state index contributed by atoms with van der Waals surface area (Å²) in [5.41, 5.74) is 1.34. The third-order valence-corrected chi connectivity index (χ3v) is 4.49. The Morgan fingerprint density at radius 1 is 1.13 bits per heavy atom. The van der Waals surface area contributed by atoms with E-state index in [2.05, 4.69) is 63.5 Å². The van der Waals surface area contributed by atoms with Crippen LogP contribution in [0.4, 0.5) is 11.6 Å². The average molecular weight is 310 g/mol. The van der Waals surface area contributed by atoms with Crippen LogP contribution in [-0.4, -0.2) is 29.6 Å². The standard InChI is InChI=1S/C19H26N4/c1-15-9-12-23(13-10-15)19-14-18(21-16(2)22-19)20-11-8-17-6-4-3-5-7-17/h3-7,14-15H,8-13H2,1-2H3,(H,20,21,22). The lowest BCUT2D eigenvalue weighted by Gasteiger charge is -2.31. The van der Waals surface area contributed by atoms with Crippen LogP contribution in [0.5, 0.6) is 0 Å². The molecule has 3 rings (SSSR count). The van der Waals surface area contributed by atoms with Gasteiger partial charge in [0, 0.05) is 25.7 Å². The van der Waals surface area contributed by atoms with Crippen molar-refractivity contribution in [2.24, 2.45) is 5.92 Å². The maximum absolute atomic E-state index is 4.62. The van der Waals surface area contributed by atoms with Crippen molar-refractivity contribution in [3.05, 3.63) is 47.8 Å². The number of nitrogens with zero attached hydrogens (tertiary/aromatic N) is 3. The van der Waals surface area contributed by atoms with E-state index in [4.69, 9.17) is 0 Å². The maximum Gasteiger partial charge on any atom is 0.134 e. The molecule has 2 heterocycles. The number of hydrogen-bond acceptors (Lipinski definition) is 4. The zero-order chi connectivity index (χ0) is 16.1. The quantitative estimate of drug-likeness (QED) is 0.915. The molecule has 122 valence electrons. The maximum atomic E-state index is 4.62. The third kappa shape index (κ3) is 4.44. The lowest BCUT2D eigenvalue weighted by molar-refractivity contribution is 0.436. The molecule has 4 heteroatoms. The first-order chi connectivity index (χ1) is 11.2. The molecule has 1 fully saturated rings. The molecule has 0 spiro atoms. The summed E-state index contributed by atoms with van der Waals surface area (Å²) in [6.07, 6.45) is 3.50. The average Bonchev–Trinajstić information content (AvgIpc) is 2.56. The van der Waals surface area contributed by atoms with Gasteiger partial charge in [-0.3, -0.25) is 0 Å². The molecule has 4 nitrogen and oxygen atoms in total. The van der Waals surface area contributed by atoms with E-state index in [0.717, 1.165) is 49.4 Å². The van der Waals surface area contributed by atoms with E-state index in [1.54, 1.807) is 0 Å². The van der Waals surface area contributed by atoms with Crippen LogP contribution in [0, 0.1) is 12.8 Å². The van der Waals surface area contributed by atoms with Crippen LogP contribution < -0.4 is 10.2 Å². The number of nitrogens with one attached hydrogen (secondary N) is 1. The number of aromatic nitrogens is 2. The fraction of sp³-hybridized carbons (Fsp3) is 0.474. The first kappa shape index (κ1) is 15.8. The van der Waals surface area contributed by atoms with E-state index in [1.165, 1.54) is 18.4 Å². The molecule has 0 radical (unpaired) electrons. The van der Waals surface area contributed by atoms with Crippen LogP contribution in [0.2, 0.25) is 0 Å². The minimum Gasteiger partial charge on any atom is -0.370 e. The van der Waals surface area contributed by atoms with Gasteiger partial charge in [0.25, 0.3) is 0 Å². The summed E-state index contributed by atoms with van der Waals surface area (Å²) in [7, 11) is 0. The highest BCUT2D eigenvalue weighted by Crippen LogP contribution is 2.23.